The van der Waals surface area contributed by atoms with Crippen molar-refractivity contribution in [2.75, 3.05) is 0 Å². The van der Waals surface area contributed by atoms with Crippen LogP contribution in [-0.2, 0) is 4.79 Å². The lowest BCUT2D eigenvalue weighted by molar-refractivity contribution is -0.141. The van der Waals surface area contributed by atoms with E-state index in [-0.39, 0.29) is 10.8 Å². The fourth-order valence-corrected chi connectivity index (χ4v) is 8.79. The van der Waals surface area contributed by atoms with E-state index in [9.17, 15) is 4.79 Å². The maximum atomic E-state index is 13.3. The number of allylic oxidation sites excluding steroid dienone is 4. The highest BCUT2D eigenvalue weighted by Gasteiger charge is 2.66. The molecule has 4 aliphatic rings. The van der Waals surface area contributed by atoms with E-state index < -0.39 is 0 Å². The molecule has 0 N–H and O–H groups in total. The van der Waals surface area contributed by atoms with Gasteiger partial charge in [0.15, 0.2) is 0 Å². The summed E-state index contributed by atoms with van der Waals surface area (Å²) < 4.78 is 0. The van der Waals surface area contributed by atoms with Crippen LogP contribution >= 0.6 is 0 Å². The van der Waals surface area contributed by atoms with Crippen LogP contribution in [0.1, 0.15) is 92.9 Å². The number of carbonyl (C=O) groups is 1. The van der Waals surface area contributed by atoms with Crippen LogP contribution in [0.5, 0.6) is 0 Å². The Morgan fingerprint density at radius 2 is 1.83 bits per heavy atom. The average molecular weight is 409 g/mol. The first-order valence-electron chi connectivity index (χ1n) is 12.5. The van der Waals surface area contributed by atoms with Gasteiger partial charge in [-0.25, -0.2) is 0 Å². The van der Waals surface area contributed by atoms with Crippen LogP contribution in [-0.4, -0.2) is 5.78 Å². The van der Waals surface area contributed by atoms with Crippen molar-refractivity contribution in [1.82, 2.24) is 0 Å². The van der Waals surface area contributed by atoms with E-state index in [0.717, 1.165) is 31.1 Å². The Bertz CT molecular complexity index is 799. The minimum atomic E-state index is -0.189. The average Bonchev–Trinajstić information content (AvgIpc) is 2.97. The quantitative estimate of drug-likeness (QED) is 0.432. The number of rotatable bonds is 4. The molecule has 7 atom stereocenters. The topological polar surface area (TPSA) is 17.1 Å². The van der Waals surface area contributed by atoms with Crippen molar-refractivity contribution in [3.05, 3.63) is 36.0 Å². The molecule has 4 unspecified atom stereocenters. The molecule has 4 rings (SSSR count). The second-order valence-electron chi connectivity index (χ2n) is 12.3. The Morgan fingerprint density at radius 1 is 1.17 bits per heavy atom. The van der Waals surface area contributed by atoms with Gasteiger partial charge in [-0.2, -0.15) is 0 Å². The van der Waals surface area contributed by atoms with Crippen molar-refractivity contribution >= 4 is 5.78 Å². The molecule has 0 saturated heterocycles. The van der Waals surface area contributed by atoms with Crippen LogP contribution in [0.4, 0.5) is 0 Å². The van der Waals surface area contributed by atoms with E-state index in [0.29, 0.717) is 29.0 Å². The summed E-state index contributed by atoms with van der Waals surface area (Å²) in [6, 6.07) is 0. The molecule has 0 aromatic rings. The highest BCUT2D eigenvalue weighted by Crippen LogP contribution is 2.72. The molecule has 1 heteroatoms. The monoisotopic (exact) mass is 408 g/mol. The van der Waals surface area contributed by atoms with Crippen molar-refractivity contribution < 1.29 is 4.79 Å². The van der Waals surface area contributed by atoms with Crippen LogP contribution in [0.2, 0.25) is 0 Å². The predicted octanol–water partition coefficient (Wildman–Crippen LogP) is 7.93. The van der Waals surface area contributed by atoms with Gasteiger partial charge in [0.2, 0.25) is 0 Å². The molecular formula is C29H44O. The molecule has 166 valence electrons. The first kappa shape index (κ1) is 22.1. The molecule has 0 aromatic carbocycles. The third-order valence-corrected chi connectivity index (χ3v) is 10.8. The van der Waals surface area contributed by atoms with Gasteiger partial charge in [-0.05, 0) is 98.7 Å². The van der Waals surface area contributed by atoms with Gasteiger partial charge in [0.05, 0.1) is 0 Å². The summed E-state index contributed by atoms with van der Waals surface area (Å²) in [5.41, 5.74) is 4.57. The third-order valence-electron chi connectivity index (χ3n) is 10.8. The maximum Gasteiger partial charge on any atom is 0.136 e. The number of ketones is 1. The molecule has 0 radical (unpaired) electrons. The highest BCUT2D eigenvalue weighted by atomic mass is 16.1. The number of Topliss-reactive ketones (excluding diaryl/α,β-unsaturated/α-hetero) is 1. The van der Waals surface area contributed by atoms with Gasteiger partial charge in [0, 0.05) is 5.41 Å². The van der Waals surface area contributed by atoms with Crippen LogP contribution in [0.25, 0.3) is 0 Å². The zero-order valence-electron chi connectivity index (χ0n) is 20.4. The van der Waals surface area contributed by atoms with Gasteiger partial charge in [0.25, 0.3) is 0 Å². The standard InChI is InChI=1S/C29H44O/c1-18(2)21(5)17-29(22(6)30)14-11-25-23-16-20(4)26-15-19(3)9-12-27(26,7)24(23)10-13-28(25,29)8/h15,18,20,23-25H,3,5,9-14,16-17H2,1-2,4,6-8H3/t20-,23?,24-,25?,27?,28?,29-/m0/s1. The molecule has 3 fully saturated rings. The molecule has 0 aliphatic heterocycles. The van der Waals surface area contributed by atoms with Crippen molar-refractivity contribution in [2.45, 2.75) is 92.9 Å². The molecule has 4 aliphatic carbocycles. The summed E-state index contributed by atoms with van der Waals surface area (Å²) >= 11 is 0. The second kappa shape index (κ2) is 7.21. The fourth-order valence-electron chi connectivity index (χ4n) is 8.79. The minimum Gasteiger partial charge on any atom is -0.299 e. The molecule has 0 spiro atoms. The van der Waals surface area contributed by atoms with Crippen LogP contribution < -0.4 is 0 Å². The lowest BCUT2D eigenvalue weighted by Crippen LogP contribution is -2.55. The van der Waals surface area contributed by atoms with E-state index >= 15 is 0 Å². The summed E-state index contributed by atoms with van der Waals surface area (Å²) in [6.07, 6.45) is 11.9. The Kier molecular flexibility index (Phi) is 5.31. The number of hydrogen-bond acceptors (Lipinski definition) is 1. The number of hydrogen-bond donors (Lipinski definition) is 0. The van der Waals surface area contributed by atoms with E-state index in [4.69, 9.17) is 0 Å². The SMILES string of the molecule is C=C1C=C2[C@@H](C)CC3C4CC[C@](CC(=C)C(C)C)(C(C)=O)C4(C)CC[C@@H]3C2(C)CC1. The Labute approximate surface area is 185 Å². The van der Waals surface area contributed by atoms with Crippen molar-refractivity contribution in [3.63, 3.8) is 0 Å². The maximum absolute atomic E-state index is 13.3. The van der Waals surface area contributed by atoms with Gasteiger partial charge in [-0.3, -0.25) is 4.79 Å². The zero-order valence-corrected chi connectivity index (χ0v) is 20.4. The van der Waals surface area contributed by atoms with Crippen LogP contribution in [0.15, 0.2) is 36.0 Å². The first-order valence-corrected chi connectivity index (χ1v) is 12.5. The van der Waals surface area contributed by atoms with Gasteiger partial charge >= 0.3 is 0 Å². The Morgan fingerprint density at radius 3 is 2.47 bits per heavy atom. The van der Waals surface area contributed by atoms with Gasteiger partial charge in [-0.1, -0.05) is 70.6 Å². The lowest BCUT2D eigenvalue weighted by atomic mass is 9.43. The smallest absolute Gasteiger partial charge is 0.136 e. The molecular weight excluding hydrogens is 364 g/mol. The Hall–Kier alpha value is -1.11. The number of fused-ring (bicyclic) bond motifs is 5. The Balaban J connectivity index is 1.71. The van der Waals surface area contributed by atoms with Crippen molar-refractivity contribution in [2.24, 2.45) is 45.8 Å². The lowest BCUT2D eigenvalue weighted by Gasteiger charge is -2.61. The predicted molar refractivity (Wildman–Crippen MR) is 127 cm³/mol. The molecule has 3 saturated carbocycles. The molecule has 0 bridgehead atoms. The van der Waals surface area contributed by atoms with Crippen LogP contribution in [0.3, 0.4) is 0 Å². The summed E-state index contributed by atoms with van der Waals surface area (Å²) in [5, 5.41) is 0. The van der Waals surface area contributed by atoms with E-state index in [1.54, 1.807) is 5.57 Å². The van der Waals surface area contributed by atoms with Crippen molar-refractivity contribution in [1.29, 1.82) is 0 Å². The summed E-state index contributed by atoms with van der Waals surface area (Å²) in [6.45, 7) is 22.6. The van der Waals surface area contributed by atoms with Crippen molar-refractivity contribution in [3.8, 4) is 0 Å². The normalized spacial score (nSPS) is 45.4. The van der Waals surface area contributed by atoms with Gasteiger partial charge < -0.3 is 0 Å². The summed E-state index contributed by atoms with van der Waals surface area (Å²) in [7, 11) is 0. The van der Waals surface area contributed by atoms with E-state index in [1.165, 1.54) is 43.3 Å². The molecule has 0 heterocycles. The molecule has 0 amide bonds. The molecule has 0 aromatic heterocycles. The largest absolute Gasteiger partial charge is 0.299 e. The van der Waals surface area contributed by atoms with E-state index in [2.05, 4.69) is 53.9 Å². The molecule has 1 nitrogen and oxygen atoms in total. The van der Waals surface area contributed by atoms with E-state index in [1.807, 2.05) is 6.92 Å². The van der Waals surface area contributed by atoms with Gasteiger partial charge in [-0.15, -0.1) is 0 Å². The highest BCUT2D eigenvalue weighted by molar-refractivity contribution is 5.84. The zero-order chi connectivity index (χ0) is 22.1. The minimum absolute atomic E-state index is 0.132. The summed E-state index contributed by atoms with van der Waals surface area (Å²) in [5.74, 6) is 3.76. The molecule has 30 heavy (non-hydrogen) atoms. The first-order chi connectivity index (χ1) is 14.0. The fraction of sp³-hybridized carbons (Fsp3) is 0.759. The van der Waals surface area contributed by atoms with Crippen LogP contribution in [0, 0.1) is 45.8 Å². The third kappa shape index (κ3) is 2.90. The summed E-state index contributed by atoms with van der Waals surface area (Å²) in [4.78, 5) is 13.3. The number of carbonyl (C=O) groups excluding carboxylic acids is 1. The second-order valence-corrected chi connectivity index (χ2v) is 12.3. The van der Waals surface area contributed by atoms with Gasteiger partial charge in [0.1, 0.15) is 5.78 Å².